The quantitative estimate of drug-likeness (QED) is 0.108. The van der Waals surface area contributed by atoms with Gasteiger partial charge < -0.3 is 24.8 Å². The standard InChI is InChI=1S/C43H44N4O6/c1-30-40(28-45-23-25-46(26-24-45)37-19-21-38(22-20-37)47(50)51)52-43(53-41(30)33-13-11-31(29-48)12-14-33)35-17-15-32(16-18-35)39-10-6-5-9-36(39)27-44-42(49)34-7-3-2-4-8-34/h2-22,30,40-41,43,48H,23-29H2,1H3,(H,44,49)/t30-,40+,41+,43+/m0/s1. The number of nitrogens with zero attached hydrogens (tertiary/aromatic N) is 3. The lowest BCUT2D eigenvalue weighted by molar-refractivity contribution is -0.384. The summed E-state index contributed by atoms with van der Waals surface area (Å²) < 4.78 is 13.5. The number of hydrogen-bond acceptors (Lipinski definition) is 8. The molecule has 272 valence electrons. The van der Waals surface area contributed by atoms with Crippen molar-refractivity contribution >= 4 is 17.3 Å². The molecule has 0 unspecified atom stereocenters. The highest BCUT2D eigenvalue weighted by atomic mass is 16.7. The van der Waals surface area contributed by atoms with Crippen molar-refractivity contribution < 1.29 is 24.3 Å². The minimum Gasteiger partial charge on any atom is -0.392 e. The Hall–Kier alpha value is -5.39. The van der Waals surface area contributed by atoms with Crippen LogP contribution in [0.2, 0.25) is 0 Å². The number of nitrogens with one attached hydrogen (secondary N) is 1. The van der Waals surface area contributed by atoms with Crippen LogP contribution >= 0.6 is 0 Å². The molecule has 2 fully saturated rings. The highest BCUT2D eigenvalue weighted by Crippen LogP contribution is 2.42. The molecule has 10 heteroatoms. The third kappa shape index (κ3) is 8.48. The summed E-state index contributed by atoms with van der Waals surface area (Å²) in [4.78, 5) is 28.2. The first-order chi connectivity index (χ1) is 25.9. The minimum absolute atomic E-state index is 0.0174. The first-order valence-corrected chi connectivity index (χ1v) is 18.1. The van der Waals surface area contributed by atoms with Crippen molar-refractivity contribution in [1.82, 2.24) is 10.2 Å². The summed E-state index contributed by atoms with van der Waals surface area (Å²) in [6.45, 7) is 6.59. The molecule has 0 aromatic heterocycles. The monoisotopic (exact) mass is 712 g/mol. The number of nitro benzene ring substituents is 1. The number of benzene rings is 5. The third-order valence-electron chi connectivity index (χ3n) is 10.3. The minimum atomic E-state index is -0.588. The molecule has 4 atom stereocenters. The average Bonchev–Trinajstić information content (AvgIpc) is 3.21. The first kappa shape index (κ1) is 36.0. The van der Waals surface area contributed by atoms with Crippen LogP contribution in [0.5, 0.6) is 0 Å². The van der Waals surface area contributed by atoms with E-state index in [0.29, 0.717) is 12.1 Å². The molecule has 5 aromatic carbocycles. The Labute approximate surface area is 309 Å². The number of non-ortho nitro benzene ring substituents is 1. The molecule has 0 spiro atoms. The summed E-state index contributed by atoms with van der Waals surface area (Å²) in [5, 5.41) is 23.8. The van der Waals surface area contributed by atoms with Crippen molar-refractivity contribution in [2.24, 2.45) is 5.92 Å². The van der Waals surface area contributed by atoms with Gasteiger partial charge in [-0.3, -0.25) is 19.8 Å². The number of nitro groups is 1. The van der Waals surface area contributed by atoms with Gasteiger partial charge in [-0.2, -0.15) is 0 Å². The van der Waals surface area contributed by atoms with Crippen LogP contribution in [-0.2, 0) is 22.6 Å². The molecule has 0 aliphatic carbocycles. The summed E-state index contributed by atoms with van der Waals surface area (Å²) in [5.41, 5.74) is 7.60. The molecule has 0 radical (unpaired) electrons. The maximum absolute atomic E-state index is 12.8. The number of hydrogen-bond donors (Lipinski definition) is 2. The number of amides is 1. The topological polar surface area (TPSA) is 117 Å². The molecule has 7 rings (SSSR count). The SMILES string of the molecule is C[C@H]1[C@@H](CN2CCN(c3ccc([N+](=O)[O-])cc3)CC2)O[C@@H](c2ccc(-c3ccccc3CNC(=O)c3ccccc3)cc2)O[C@H]1c1ccc(CO)cc1. The van der Waals surface area contributed by atoms with Crippen LogP contribution < -0.4 is 10.2 Å². The van der Waals surface area contributed by atoms with E-state index in [2.05, 4.69) is 52.4 Å². The van der Waals surface area contributed by atoms with E-state index < -0.39 is 6.29 Å². The number of aliphatic hydroxyl groups excluding tert-OH is 1. The normalized spacial score (nSPS) is 20.5. The van der Waals surface area contributed by atoms with Crippen molar-refractivity contribution in [2.75, 3.05) is 37.6 Å². The van der Waals surface area contributed by atoms with Gasteiger partial charge in [0, 0.05) is 74.1 Å². The summed E-state index contributed by atoms with van der Waals surface area (Å²) in [6, 6.07) is 40.3. The van der Waals surface area contributed by atoms with Gasteiger partial charge in [0.2, 0.25) is 0 Å². The highest BCUT2D eigenvalue weighted by molar-refractivity contribution is 5.94. The zero-order chi connectivity index (χ0) is 36.7. The van der Waals surface area contributed by atoms with Crippen LogP contribution in [0.15, 0.2) is 127 Å². The molecule has 0 saturated carbocycles. The Morgan fingerprint density at radius 2 is 1.47 bits per heavy atom. The van der Waals surface area contributed by atoms with Gasteiger partial charge in [0.05, 0.1) is 23.7 Å². The van der Waals surface area contributed by atoms with E-state index in [1.165, 1.54) is 0 Å². The van der Waals surface area contributed by atoms with Crippen molar-refractivity contribution in [2.45, 2.75) is 38.6 Å². The van der Waals surface area contributed by atoms with Crippen molar-refractivity contribution in [3.63, 3.8) is 0 Å². The lowest BCUT2D eigenvalue weighted by Crippen LogP contribution is -2.51. The van der Waals surface area contributed by atoms with Crippen molar-refractivity contribution in [3.8, 4) is 11.1 Å². The van der Waals surface area contributed by atoms with Crippen LogP contribution in [0.3, 0.4) is 0 Å². The second kappa shape index (κ2) is 16.5. The second-order valence-electron chi connectivity index (χ2n) is 13.7. The Kier molecular flexibility index (Phi) is 11.2. The Bertz CT molecular complexity index is 1980. The van der Waals surface area contributed by atoms with Gasteiger partial charge >= 0.3 is 0 Å². The molecule has 0 bridgehead atoms. The van der Waals surface area contributed by atoms with Gasteiger partial charge in [-0.15, -0.1) is 0 Å². The predicted molar refractivity (Wildman–Crippen MR) is 204 cm³/mol. The van der Waals surface area contributed by atoms with Crippen LogP contribution in [0.4, 0.5) is 11.4 Å². The van der Waals surface area contributed by atoms with Gasteiger partial charge in [0.1, 0.15) is 0 Å². The molecule has 2 saturated heterocycles. The van der Waals surface area contributed by atoms with Gasteiger partial charge in [-0.05, 0) is 52.1 Å². The number of aliphatic hydroxyl groups is 1. The zero-order valence-corrected chi connectivity index (χ0v) is 29.7. The van der Waals surface area contributed by atoms with Crippen molar-refractivity contribution in [3.05, 3.63) is 165 Å². The molecule has 2 aliphatic heterocycles. The smallest absolute Gasteiger partial charge is 0.269 e. The molecule has 2 N–H and O–H groups in total. The van der Waals surface area contributed by atoms with E-state index in [9.17, 15) is 20.0 Å². The Balaban J connectivity index is 1.06. The van der Waals surface area contributed by atoms with E-state index in [0.717, 1.165) is 71.8 Å². The molecule has 53 heavy (non-hydrogen) atoms. The van der Waals surface area contributed by atoms with E-state index >= 15 is 0 Å². The van der Waals surface area contributed by atoms with E-state index in [1.54, 1.807) is 24.3 Å². The van der Waals surface area contributed by atoms with E-state index in [-0.39, 0.29) is 41.3 Å². The predicted octanol–water partition coefficient (Wildman–Crippen LogP) is 7.30. The fourth-order valence-corrected chi connectivity index (χ4v) is 7.20. The van der Waals surface area contributed by atoms with Gasteiger partial charge in [-0.1, -0.05) is 97.9 Å². The Morgan fingerprint density at radius 1 is 0.811 bits per heavy atom. The van der Waals surface area contributed by atoms with Crippen LogP contribution in [0, 0.1) is 16.0 Å². The lowest BCUT2D eigenvalue weighted by Gasteiger charge is -2.44. The number of carbonyl (C=O) groups excluding carboxylic acids is 1. The highest BCUT2D eigenvalue weighted by Gasteiger charge is 2.39. The fourth-order valence-electron chi connectivity index (χ4n) is 7.20. The van der Waals surface area contributed by atoms with E-state index in [4.69, 9.17) is 9.47 Å². The number of rotatable bonds is 11. The maximum atomic E-state index is 12.8. The largest absolute Gasteiger partial charge is 0.392 e. The number of anilines is 1. The number of piperazine rings is 1. The van der Waals surface area contributed by atoms with Crippen LogP contribution in [0.25, 0.3) is 11.1 Å². The van der Waals surface area contributed by atoms with E-state index in [1.807, 2.05) is 72.8 Å². The zero-order valence-electron chi connectivity index (χ0n) is 29.7. The Morgan fingerprint density at radius 3 is 2.15 bits per heavy atom. The molecular formula is C43H44N4O6. The fraction of sp³-hybridized carbons (Fsp3) is 0.279. The summed E-state index contributed by atoms with van der Waals surface area (Å²) in [7, 11) is 0. The van der Waals surface area contributed by atoms with Crippen molar-refractivity contribution in [1.29, 1.82) is 0 Å². The van der Waals surface area contributed by atoms with Crippen LogP contribution in [0.1, 0.15) is 51.9 Å². The van der Waals surface area contributed by atoms with Gasteiger partial charge in [0.15, 0.2) is 6.29 Å². The number of carbonyl (C=O) groups is 1. The molecule has 2 aliphatic rings. The van der Waals surface area contributed by atoms with Crippen LogP contribution in [-0.4, -0.2) is 59.7 Å². The second-order valence-corrected chi connectivity index (χ2v) is 13.7. The molecule has 10 nitrogen and oxygen atoms in total. The summed E-state index contributed by atoms with van der Waals surface area (Å²) in [6.07, 6.45) is -0.924. The molecule has 5 aromatic rings. The number of ether oxygens (including phenoxy) is 2. The molecular weight excluding hydrogens is 668 g/mol. The lowest BCUT2D eigenvalue weighted by atomic mass is 9.89. The summed E-state index contributed by atoms with van der Waals surface area (Å²) >= 11 is 0. The van der Waals surface area contributed by atoms with Gasteiger partial charge in [0.25, 0.3) is 11.6 Å². The molecule has 2 heterocycles. The maximum Gasteiger partial charge on any atom is 0.269 e. The summed E-state index contributed by atoms with van der Waals surface area (Å²) in [5.74, 6) is -0.0609. The third-order valence-corrected chi connectivity index (χ3v) is 10.3. The average molecular weight is 713 g/mol. The molecule has 1 amide bonds. The van der Waals surface area contributed by atoms with Gasteiger partial charge in [-0.25, -0.2) is 0 Å². The first-order valence-electron chi connectivity index (χ1n) is 18.1.